The molecule has 3 aromatic carbocycles. The second kappa shape index (κ2) is 15.6. The third-order valence-electron chi connectivity index (χ3n) is 7.29. The first-order valence-corrected chi connectivity index (χ1v) is 15.2. The van der Waals surface area contributed by atoms with Crippen LogP contribution in [0, 0.1) is 6.92 Å². The molecule has 0 bridgehead atoms. The van der Waals surface area contributed by atoms with Gasteiger partial charge < -0.3 is 31.6 Å². The van der Waals surface area contributed by atoms with Crippen LogP contribution in [0.5, 0.6) is 0 Å². The molecule has 0 saturated heterocycles. The second-order valence-electron chi connectivity index (χ2n) is 11.1. The van der Waals surface area contributed by atoms with Crippen molar-refractivity contribution in [2.45, 2.75) is 25.6 Å². The van der Waals surface area contributed by atoms with Gasteiger partial charge >= 0.3 is 6.18 Å². The summed E-state index contributed by atoms with van der Waals surface area (Å²) in [5.74, 6) is -2.10. The van der Waals surface area contributed by atoms with E-state index < -0.39 is 41.4 Å². The van der Waals surface area contributed by atoms with Crippen molar-refractivity contribution in [2.75, 3.05) is 21.3 Å². The number of anilines is 5. The molecule has 0 unspecified atom stereocenters. The molecule has 4 amide bonds. The summed E-state index contributed by atoms with van der Waals surface area (Å²) in [6, 6.07) is 14.4. The molecule has 51 heavy (non-hydrogen) atoms. The summed E-state index contributed by atoms with van der Waals surface area (Å²) in [6.07, 6.45) is 2.41. The number of amides is 4. The Morgan fingerprint density at radius 1 is 0.843 bits per heavy atom. The molecule has 0 radical (unpaired) electrons. The van der Waals surface area contributed by atoms with Gasteiger partial charge in [0.1, 0.15) is 6.04 Å². The summed E-state index contributed by atoms with van der Waals surface area (Å²) in [6.45, 7) is 5.11. The topological polar surface area (TPSA) is 183 Å². The Morgan fingerprint density at radius 2 is 1.55 bits per heavy atom. The van der Waals surface area contributed by atoms with Crippen LogP contribution < -0.4 is 26.6 Å². The lowest BCUT2D eigenvalue weighted by Gasteiger charge is -2.17. The molecule has 0 aliphatic heterocycles. The van der Waals surface area contributed by atoms with E-state index in [-0.39, 0.29) is 34.9 Å². The highest BCUT2D eigenvalue weighted by molar-refractivity contribution is 6.08. The third-order valence-corrected chi connectivity index (χ3v) is 7.29. The van der Waals surface area contributed by atoms with Crippen molar-refractivity contribution in [3.63, 3.8) is 0 Å². The van der Waals surface area contributed by atoms with E-state index in [0.29, 0.717) is 22.6 Å². The quantitative estimate of drug-likeness (QED) is 0.0907. The van der Waals surface area contributed by atoms with Crippen molar-refractivity contribution in [1.82, 2.24) is 25.3 Å². The number of benzene rings is 3. The van der Waals surface area contributed by atoms with Crippen LogP contribution in [0.2, 0.25) is 0 Å². The molecular formula is C35H30F3N9O4. The maximum atomic E-state index is 13.1. The number of rotatable bonds is 12. The zero-order valence-electron chi connectivity index (χ0n) is 26.8. The molecule has 1 atom stereocenters. The van der Waals surface area contributed by atoms with Gasteiger partial charge in [0.05, 0.1) is 30.0 Å². The minimum absolute atomic E-state index is 0.172. The number of hydrogen-bond acceptors (Lipinski definition) is 8. The van der Waals surface area contributed by atoms with Crippen molar-refractivity contribution in [2.24, 2.45) is 0 Å². The second-order valence-corrected chi connectivity index (χ2v) is 11.1. The van der Waals surface area contributed by atoms with Gasteiger partial charge in [0.2, 0.25) is 17.8 Å². The van der Waals surface area contributed by atoms with Gasteiger partial charge in [-0.3, -0.25) is 19.2 Å². The molecule has 5 rings (SSSR count). The summed E-state index contributed by atoms with van der Waals surface area (Å²) in [5.41, 5.74) is 1.71. The van der Waals surface area contributed by atoms with Crippen molar-refractivity contribution in [1.29, 1.82) is 0 Å². The zero-order chi connectivity index (χ0) is 36.5. The minimum Gasteiger partial charge on any atom is -0.348 e. The average Bonchev–Trinajstić information content (AvgIpc) is 3.62. The van der Waals surface area contributed by atoms with E-state index in [4.69, 9.17) is 0 Å². The number of alkyl halides is 3. The van der Waals surface area contributed by atoms with Gasteiger partial charge in [-0.15, -0.1) is 0 Å². The first-order chi connectivity index (χ1) is 24.4. The Morgan fingerprint density at radius 3 is 2.25 bits per heavy atom. The maximum Gasteiger partial charge on any atom is 0.416 e. The highest BCUT2D eigenvalue weighted by atomic mass is 19.4. The predicted molar refractivity (Wildman–Crippen MR) is 183 cm³/mol. The fraction of sp³-hybridized carbons (Fsp3) is 0.114. The number of nitrogens with one attached hydrogen (secondary N) is 6. The monoisotopic (exact) mass is 697 g/mol. The molecule has 0 saturated carbocycles. The van der Waals surface area contributed by atoms with Crippen LogP contribution in [0.15, 0.2) is 104 Å². The molecule has 13 nitrogen and oxygen atoms in total. The Hall–Kier alpha value is -6.84. The molecule has 0 fully saturated rings. The Labute approximate surface area is 288 Å². The standard InChI is InChI=1S/C35H30F3N9O4/c1-3-30(48)47-29(15-26-16-39-19-42-26)33(51)44-23-8-5-9-24(13-23)46-34-40-17-27(18-41-34)45-32(50)28-14-25(11-10-20(28)2)43-31(49)21-6-4-7-22(12-21)35(36,37)38/h3-14,16-19,29H,1,15H2,2H3,(H,39,42)(H,43,49)(H,44,51)(H,45,50)(H,47,48)(H,40,41,46)/t29-/m0/s1. The number of H-pyrrole nitrogens is 1. The lowest BCUT2D eigenvalue weighted by atomic mass is 10.1. The van der Waals surface area contributed by atoms with Crippen LogP contribution in [-0.2, 0) is 22.2 Å². The summed E-state index contributed by atoms with van der Waals surface area (Å²) >= 11 is 0. The van der Waals surface area contributed by atoms with Gasteiger partial charge in [0.15, 0.2) is 0 Å². The van der Waals surface area contributed by atoms with E-state index >= 15 is 0 Å². The van der Waals surface area contributed by atoms with Crippen molar-refractivity contribution < 1.29 is 32.3 Å². The van der Waals surface area contributed by atoms with Gasteiger partial charge in [-0.1, -0.05) is 24.8 Å². The number of imidazole rings is 1. The fourth-order valence-corrected chi connectivity index (χ4v) is 4.73. The van der Waals surface area contributed by atoms with E-state index in [0.717, 1.165) is 24.3 Å². The minimum atomic E-state index is -4.60. The number of aromatic amines is 1. The number of aryl methyl sites for hydroxylation is 1. The molecule has 2 aromatic heterocycles. The van der Waals surface area contributed by atoms with E-state index in [1.165, 1.54) is 36.9 Å². The number of nitrogens with zero attached hydrogens (tertiary/aromatic N) is 3. The van der Waals surface area contributed by atoms with Gasteiger partial charge in [-0.25, -0.2) is 15.0 Å². The number of aromatic nitrogens is 4. The van der Waals surface area contributed by atoms with Crippen LogP contribution >= 0.6 is 0 Å². The highest BCUT2D eigenvalue weighted by Gasteiger charge is 2.31. The van der Waals surface area contributed by atoms with E-state index in [2.05, 4.69) is 53.1 Å². The Kier molecular flexibility index (Phi) is 10.8. The average molecular weight is 698 g/mol. The summed E-state index contributed by atoms with van der Waals surface area (Å²) in [7, 11) is 0. The third kappa shape index (κ3) is 9.62. The number of carbonyl (C=O) groups excluding carboxylic acids is 4. The van der Waals surface area contributed by atoms with Gasteiger partial charge in [0, 0.05) is 46.5 Å². The van der Waals surface area contributed by atoms with Crippen LogP contribution in [0.25, 0.3) is 0 Å². The molecule has 260 valence electrons. The molecule has 16 heteroatoms. The lowest BCUT2D eigenvalue weighted by molar-refractivity contribution is -0.137. The molecule has 5 aromatic rings. The molecule has 2 heterocycles. The normalized spacial score (nSPS) is 11.5. The summed E-state index contributed by atoms with van der Waals surface area (Å²) in [5, 5.41) is 13.6. The molecular weight excluding hydrogens is 667 g/mol. The predicted octanol–water partition coefficient (Wildman–Crippen LogP) is 5.63. The molecule has 0 aliphatic rings. The van der Waals surface area contributed by atoms with Crippen molar-refractivity contribution >= 4 is 52.3 Å². The van der Waals surface area contributed by atoms with Crippen LogP contribution in [0.1, 0.15) is 37.5 Å². The van der Waals surface area contributed by atoms with Crippen molar-refractivity contribution in [3.8, 4) is 0 Å². The number of halogens is 3. The van der Waals surface area contributed by atoms with E-state index in [1.807, 2.05) is 0 Å². The van der Waals surface area contributed by atoms with Gasteiger partial charge in [-0.05, 0) is 67.1 Å². The smallest absolute Gasteiger partial charge is 0.348 e. The first-order valence-electron chi connectivity index (χ1n) is 15.2. The molecule has 0 spiro atoms. The largest absolute Gasteiger partial charge is 0.416 e. The van der Waals surface area contributed by atoms with Crippen LogP contribution in [0.3, 0.4) is 0 Å². The fourth-order valence-electron chi connectivity index (χ4n) is 4.73. The van der Waals surface area contributed by atoms with Crippen molar-refractivity contribution in [3.05, 3.63) is 132 Å². The molecule has 6 N–H and O–H groups in total. The summed E-state index contributed by atoms with van der Waals surface area (Å²) in [4.78, 5) is 66.1. The zero-order valence-corrected chi connectivity index (χ0v) is 26.8. The van der Waals surface area contributed by atoms with Crippen LogP contribution in [-0.4, -0.2) is 49.6 Å². The SMILES string of the molecule is C=CC(=O)N[C@@H](Cc1cnc[nH]1)C(=O)Nc1cccc(Nc2ncc(NC(=O)c3cc(NC(=O)c4cccc(C(F)(F)F)c4)ccc3C)cn2)c1. The van der Waals surface area contributed by atoms with Gasteiger partial charge in [-0.2, -0.15) is 13.2 Å². The first kappa shape index (κ1) is 35.5. The maximum absolute atomic E-state index is 13.1. The Bertz CT molecular complexity index is 2070. The van der Waals surface area contributed by atoms with E-state index in [1.54, 1.807) is 43.5 Å². The van der Waals surface area contributed by atoms with E-state index in [9.17, 15) is 32.3 Å². The summed E-state index contributed by atoms with van der Waals surface area (Å²) < 4.78 is 39.3. The van der Waals surface area contributed by atoms with Crippen LogP contribution in [0.4, 0.5) is 41.9 Å². The number of carbonyl (C=O) groups is 4. The van der Waals surface area contributed by atoms with Gasteiger partial charge in [0.25, 0.3) is 11.8 Å². The highest BCUT2D eigenvalue weighted by Crippen LogP contribution is 2.30. The molecule has 0 aliphatic carbocycles. The Balaban J connectivity index is 1.20. The number of hydrogen-bond donors (Lipinski definition) is 6. The lowest BCUT2D eigenvalue weighted by Crippen LogP contribution is -2.44.